The van der Waals surface area contributed by atoms with Crippen molar-refractivity contribution in [2.75, 3.05) is 7.11 Å². The highest BCUT2D eigenvalue weighted by Gasteiger charge is 2.45. The first kappa shape index (κ1) is 24.8. The zero-order chi connectivity index (χ0) is 26.3. The quantitative estimate of drug-likeness (QED) is 0.312. The van der Waals surface area contributed by atoms with E-state index in [1.807, 2.05) is 45.9 Å². The van der Waals surface area contributed by atoms with Crippen molar-refractivity contribution in [3.8, 4) is 17.2 Å². The van der Waals surface area contributed by atoms with Crippen LogP contribution < -0.4 is 14.8 Å². The number of hydrogen-bond acceptors (Lipinski definition) is 4. The highest BCUT2D eigenvalue weighted by Crippen LogP contribution is 2.45. The van der Waals surface area contributed by atoms with Gasteiger partial charge in [-0.1, -0.05) is 6.92 Å². The van der Waals surface area contributed by atoms with E-state index in [0.717, 1.165) is 51.9 Å². The molecule has 1 aliphatic rings. The van der Waals surface area contributed by atoms with Crippen molar-refractivity contribution in [2.45, 2.75) is 52.7 Å². The average Bonchev–Trinajstić information content (AvgIpc) is 3.49. The lowest BCUT2D eigenvalue weighted by Crippen LogP contribution is -2.42. The summed E-state index contributed by atoms with van der Waals surface area (Å²) < 4.78 is 27.3. The number of carbonyl (C=O) groups excluding carboxylic acids is 1. The number of carbonyl (C=O) groups is 1. The lowest BCUT2D eigenvalue weighted by atomic mass is 9.97. The van der Waals surface area contributed by atoms with E-state index < -0.39 is 6.10 Å². The van der Waals surface area contributed by atoms with Crippen LogP contribution in [0.4, 0.5) is 4.39 Å². The Hall–Kier alpha value is -3.87. The van der Waals surface area contributed by atoms with Gasteiger partial charge in [-0.15, -0.1) is 0 Å². The van der Waals surface area contributed by atoms with Crippen LogP contribution in [-0.2, 0) is 4.79 Å². The lowest BCUT2D eigenvalue weighted by molar-refractivity contribution is -0.127. The van der Waals surface area contributed by atoms with Crippen molar-refractivity contribution >= 4 is 16.8 Å². The second kappa shape index (κ2) is 9.54. The maximum absolute atomic E-state index is 13.4. The molecule has 0 unspecified atom stereocenters. The van der Waals surface area contributed by atoms with Crippen molar-refractivity contribution in [3.63, 3.8) is 0 Å². The lowest BCUT2D eigenvalue weighted by Gasteiger charge is -2.28. The highest BCUT2D eigenvalue weighted by atomic mass is 19.1. The number of aromatic nitrogens is 2. The molecule has 5 rings (SSSR count). The van der Waals surface area contributed by atoms with E-state index in [0.29, 0.717) is 5.75 Å². The van der Waals surface area contributed by atoms with Crippen molar-refractivity contribution in [3.05, 3.63) is 83.3 Å². The molecule has 0 spiro atoms. The number of nitrogens with zero attached hydrogens (tertiary/aromatic N) is 2. The van der Waals surface area contributed by atoms with Crippen LogP contribution in [0.25, 0.3) is 16.6 Å². The summed E-state index contributed by atoms with van der Waals surface area (Å²) in [7, 11) is 1.67. The molecule has 1 saturated carbocycles. The molecule has 1 N–H and O–H groups in total. The molecule has 0 radical (unpaired) electrons. The smallest absolute Gasteiger partial charge is 0.226 e. The Morgan fingerprint density at radius 2 is 1.76 bits per heavy atom. The molecule has 1 amide bonds. The summed E-state index contributed by atoms with van der Waals surface area (Å²) in [6.45, 7) is 8.00. The Morgan fingerprint density at radius 1 is 1.08 bits per heavy atom. The molecule has 1 fully saturated rings. The summed E-state index contributed by atoms with van der Waals surface area (Å²) in [6, 6.07) is 15.9. The van der Waals surface area contributed by atoms with Gasteiger partial charge >= 0.3 is 0 Å². The number of aryl methyl sites for hydroxylation is 2. The molecule has 1 aromatic heterocycles. The molecule has 6 nitrogen and oxygen atoms in total. The van der Waals surface area contributed by atoms with Gasteiger partial charge in [0.05, 0.1) is 30.6 Å². The molecule has 7 heteroatoms. The Bertz CT molecular complexity index is 1430. The maximum atomic E-state index is 13.4. The fourth-order valence-electron chi connectivity index (χ4n) is 4.82. The van der Waals surface area contributed by atoms with E-state index in [2.05, 4.69) is 22.5 Å². The van der Waals surface area contributed by atoms with Crippen LogP contribution in [0.3, 0.4) is 0 Å². The predicted molar refractivity (Wildman–Crippen MR) is 142 cm³/mol. The van der Waals surface area contributed by atoms with E-state index in [1.165, 1.54) is 12.1 Å². The number of rotatable bonds is 8. The van der Waals surface area contributed by atoms with E-state index in [-0.39, 0.29) is 23.2 Å². The predicted octanol–water partition coefficient (Wildman–Crippen LogP) is 6.21. The number of benzene rings is 3. The molecular formula is C30H32FN3O3. The van der Waals surface area contributed by atoms with Gasteiger partial charge in [0, 0.05) is 10.8 Å². The molecule has 3 aromatic carbocycles. The van der Waals surface area contributed by atoms with Crippen LogP contribution in [0.15, 0.2) is 60.8 Å². The standard InChI is InChI=1S/C30H32FN3O3/c1-18-14-21(15-19(2)27(18)36-5)28(20(3)33-29(35)30(4)12-13-30)37-25-10-11-26-22(16-25)17-32-34(26)24-8-6-23(31)7-9-24/h6-11,14-17,20,28H,12-13H2,1-5H3,(H,33,35)/t20-,28+/m0/s1. The van der Waals surface area contributed by atoms with Crippen LogP contribution >= 0.6 is 0 Å². The van der Waals surface area contributed by atoms with Crippen LogP contribution in [-0.4, -0.2) is 28.8 Å². The SMILES string of the molecule is COc1c(C)cc([C@H](Oc2ccc3c(cnn3-c3ccc(F)cc3)c2)[C@H](C)NC(=O)C2(C)CC2)cc1C. The van der Waals surface area contributed by atoms with Gasteiger partial charge < -0.3 is 14.8 Å². The summed E-state index contributed by atoms with van der Waals surface area (Å²) in [5.74, 6) is 1.29. The van der Waals surface area contributed by atoms with Gasteiger partial charge in [-0.05, 0) is 105 Å². The first-order valence-electron chi connectivity index (χ1n) is 12.5. The van der Waals surface area contributed by atoms with Crippen LogP contribution in [0.2, 0.25) is 0 Å². The molecule has 0 saturated heterocycles. The summed E-state index contributed by atoms with van der Waals surface area (Å²) in [6.07, 6.45) is 3.17. The van der Waals surface area contributed by atoms with E-state index >= 15 is 0 Å². The Labute approximate surface area is 216 Å². The minimum Gasteiger partial charge on any atom is -0.496 e. The van der Waals surface area contributed by atoms with Crippen molar-refractivity contribution < 1.29 is 18.7 Å². The topological polar surface area (TPSA) is 65.4 Å². The van der Waals surface area contributed by atoms with Gasteiger partial charge in [0.1, 0.15) is 23.4 Å². The number of ether oxygens (including phenoxy) is 2. The molecule has 1 aliphatic carbocycles. The van der Waals surface area contributed by atoms with Crippen LogP contribution in [0.1, 0.15) is 49.5 Å². The molecular weight excluding hydrogens is 469 g/mol. The van der Waals surface area contributed by atoms with Crippen molar-refractivity contribution in [2.24, 2.45) is 5.41 Å². The van der Waals surface area contributed by atoms with Crippen LogP contribution in [0, 0.1) is 25.1 Å². The molecule has 4 aromatic rings. The molecule has 1 heterocycles. The van der Waals surface area contributed by atoms with Gasteiger partial charge in [-0.3, -0.25) is 4.79 Å². The normalized spacial score (nSPS) is 15.7. The second-order valence-corrected chi connectivity index (χ2v) is 10.3. The third-order valence-corrected chi connectivity index (χ3v) is 7.25. The molecule has 37 heavy (non-hydrogen) atoms. The second-order valence-electron chi connectivity index (χ2n) is 10.3. The van der Waals surface area contributed by atoms with Crippen molar-refractivity contribution in [1.29, 1.82) is 0 Å². The summed E-state index contributed by atoms with van der Waals surface area (Å²) in [4.78, 5) is 12.9. The van der Waals surface area contributed by atoms with Gasteiger partial charge in [-0.2, -0.15) is 5.10 Å². The van der Waals surface area contributed by atoms with E-state index in [1.54, 1.807) is 30.1 Å². The van der Waals surface area contributed by atoms with Gasteiger partial charge in [-0.25, -0.2) is 9.07 Å². The van der Waals surface area contributed by atoms with Gasteiger partial charge in [0.2, 0.25) is 5.91 Å². The van der Waals surface area contributed by atoms with Gasteiger partial charge in [0.25, 0.3) is 0 Å². The number of methoxy groups -OCH3 is 1. The first-order chi connectivity index (χ1) is 17.7. The first-order valence-corrected chi connectivity index (χ1v) is 12.5. The van der Waals surface area contributed by atoms with Crippen molar-refractivity contribution in [1.82, 2.24) is 15.1 Å². The molecule has 2 atom stereocenters. The molecule has 192 valence electrons. The molecule has 0 aliphatic heterocycles. The Kier molecular flexibility index (Phi) is 6.40. The third-order valence-electron chi connectivity index (χ3n) is 7.25. The number of nitrogens with one attached hydrogen (secondary N) is 1. The fourth-order valence-corrected chi connectivity index (χ4v) is 4.82. The highest BCUT2D eigenvalue weighted by molar-refractivity contribution is 5.85. The van der Waals surface area contributed by atoms with Gasteiger partial charge in [0.15, 0.2) is 0 Å². The molecule has 0 bridgehead atoms. The number of amides is 1. The minimum atomic E-state index is -0.417. The fraction of sp³-hybridized carbons (Fsp3) is 0.333. The monoisotopic (exact) mass is 501 g/mol. The average molecular weight is 502 g/mol. The minimum absolute atomic E-state index is 0.0616. The third kappa shape index (κ3) is 4.90. The van der Waals surface area contributed by atoms with E-state index in [9.17, 15) is 9.18 Å². The number of fused-ring (bicyclic) bond motifs is 1. The Morgan fingerprint density at radius 3 is 2.38 bits per heavy atom. The Balaban J connectivity index is 1.47. The number of hydrogen-bond donors (Lipinski definition) is 1. The summed E-state index contributed by atoms with van der Waals surface area (Å²) in [5.41, 5.74) is 4.36. The summed E-state index contributed by atoms with van der Waals surface area (Å²) in [5, 5.41) is 8.58. The summed E-state index contributed by atoms with van der Waals surface area (Å²) >= 11 is 0. The van der Waals surface area contributed by atoms with E-state index in [4.69, 9.17) is 9.47 Å². The maximum Gasteiger partial charge on any atom is 0.226 e. The zero-order valence-electron chi connectivity index (χ0n) is 21.8. The largest absolute Gasteiger partial charge is 0.496 e. The zero-order valence-corrected chi connectivity index (χ0v) is 21.8. The number of halogens is 1. The van der Waals surface area contributed by atoms with Crippen LogP contribution in [0.5, 0.6) is 11.5 Å².